The van der Waals surface area contributed by atoms with Crippen LogP contribution in [0.3, 0.4) is 0 Å². The number of methoxy groups -OCH3 is 1. The fraction of sp³-hybridized carbons (Fsp3) is 0.933. The number of hydrogen-bond donors (Lipinski definition) is 1. The van der Waals surface area contributed by atoms with Crippen molar-refractivity contribution in [3.63, 3.8) is 0 Å². The van der Waals surface area contributed by atoms with Gasteiger partial charge < -0.3 is 15.0 Å². The first-order chi connectivity index (χ1) is 9.09. The van der Waals surface area contributed by atoms with Gasteiger partial charge in [0.15, 0.2) is 0 Å². The number of amides is 1. The lowest BCUT2D eigenvalue weighted by Crippen LogP contribution is -2.50. The first-order valence-electron chi connectivity index (χ1n) is 7.63. The Kier molecular flexibility index (Phi) is 3.34. The van der Waals surface area contributed by atoms with Gasteiger partial charge in [-0.1, -0.05) is 0 Å². The fourth-order valence-electron chi connectivity index (χ4n) is 3.95. The van der Waals surface area contributed by atoms with Gasteiger partial charge >= 0.3 is 0 Å². The van der Waals surface area contributed by atoms with Crippen LogP contribution in [-0.2, 0) is 9.53 Å². The Balaban J connectivity index is 1.62. The predicted octanol–water partition coefficient (Wildman–Crippen LogP) is 1.40. The van der Waals surface area contributed by atoms with Crippen LogP contribution in [-0.4, -0.2) is 49.7 Å². The minimum atomic E-state index is -0.135. The molecule has 0 radical (unpaired) electrons. The van der Waals surface area contributed by atoms with Gasteiger partial charge in [0.25, 0.3) is 0 Å². The van der Waals surface area contributed by atoms with E-state index in [2.05, 4.69) is 17.1 Å². The van der Waals surface area contributed by atoms with E-state index in [1.54, 1.807) is 7.11 Å². The third-order valence-corrected chi connectivity index (χ3v) is 5.55. The molecule has 1 aliphatic carbocycles. The molecule has 2 aliphatic heterocycles. The average molecular weight is 266 g/mol. The maximum Gasteiger partial charge on any atom is 0.226 e. The second-order valence-corrected chi connectivity index (χ2v) is 6.89. The number of likely N-dealkylation sites (tertiary alicyclic amines) is 1. The van der Waals surface area contributed by atoms with E-state index < -0.39 is 0 Å². The van der Waals surface area contributed by atoms with Crippen molar-refractivity contribution in [2.24, 2.45) is 11.3 Å². The Labute approximate surface area is 115 Å². The number of ether oxygens (including phenoxy) is 1. The highest BCUT2D eigenvalue weighted by molar-refractivity contribution is 5.83. The molecule has 2 saturated heterocycles. The monoisotopic (exact) mass is 266 g/mol. The third-order valence-electron chi connectivity index (χ3n) is 5.55. The normalized spacial score (nSPS) is 37.4. The molecule has 0 aromatic rings. The zero-order valence-electron chi connectivity index (χ0n) is 12.2. The van der Waals surface area contributed by atoms with Gasteiger partial charge in [0.05, 0.1) is 5.60 Å². The molecular weight excluding hydrogens is 240 g/mol. The number of carbonyl (C=O) groups excluding carboxylic acids is 1. The van der Waals surface area contributed by atoms with E-state index >= 15 is 0 Å². The molecule has 4 heteroatoms. The lowest BCUT2D eigenvalue weighted by molar-refractivity contribution is -0.141. The van der Waals surface area contributed by atoms with Gasteiger partial charge in [-0.15, -0.1) is 0 Å². The molecule has 0 aromatic heterocycles. The summed E-state index contributed by atoms with van der Waals surface area (Å²) in [5, 5.41) is 3.40. The van der Waals surface area contributed by atoms with Crippen LogP contribution in [0.4, 0.5) is 0 Å². The van der Waals surface area contributed by atoms with Gasteiger partial charge in [0, 0.05) is 26.1 Å². The van der Waals surface area contributed by atoms with Crippen LogP contribution in [0.15, 0.2) is 0 Å². The van der Waals surface area contributed by atoms with Crippen molar-refractivity contribution >= 4 is 5.91 Å². The zero-order chi connectivity index (χ0) is 13.5. The number of carbonyl (C=O) groups is 1. The Morgan fingerprint density at radius 3 is 2.74 bits per heavy atom. The Hall–Kier alpha value is -0.610. The van der Waals surface area contributed by atoms with E-state index in [-0.39, 0.29) is 5.60 Å². The van der Waals surface area contributed by atoms with Gasteiger partial charge in [-0.3, -0.25) is 4.79 Å². The Bertz CT molecular complexity index is 365. The van der Waals surface area contributed by atoms with Crippen LogP contribution in [0.5, 0.6) is 0 Å². The average Bonchev–Trinajstić information content (AvgIpc) is 3.12. The van der Waals surface area contributed by atoms with Crippen molar-refractivity contribution in [1.29, 1.82) is 0 Å². The van der Waals surface area contributed by atoms with Crippen LogP contribution in [0.2, 0.25) is 0 Å². The van der Waals surface area contributed by atoms with Crippen LogP contribution in [0, 0.1) is 11.3 Å². The molecule has 19 heavy (non-hydrogen) atoms. The standard InChI is InChI=1S/C15H26N2O2/c1-14(19-2)4-3-9-17(11-14)13(18)12-10-15(12)5-7-16-8-6-15/h12,16H,3-11H2,1-2H3. The maximum atomic E-state index is 12.7. The van der Waals surface area contributed by atoms with Crippen LogP contribution in [0.1, 0.15) is 39.0 Å². The number of hydrogen-bond acceptors (Lipinski definition) is 3. The lowest BCUT2D eigenvalue weighted by atomic mass is 9.90. The smallest absolute Gasteiger partial charge is 0.226 e. The van der Waals surface area contributed by atoms with E-state index in [0.717, 1.165) is 45.4 Å². The summed E-state index contributed by atoms with van der Waals surface area (Å²) in [5.74, 6) is 0.693. The van der Waals surface area contributed by atoms with E-state index in [9.17, 15) is 4.79 Å². The highest BCUT2D eigenvalue weighted by Gasteiger charge is 2.58. The van der Waals surface area contributed by atoms with Crippen LogP contribution < -0.4 is 5.32 Å². The van der Waals surface area contributed by atoms with Gasteiger partial charge in [-0.05, 0) is 57.5 Å². The van der Waals surface area contributed by atoms with E-state index in [0.29, 0.717) is 17.2 Å². The summed E-state index contributed by atoms with van der Waals surface area (Å²) in [5.41, 5.74) is 0.216. The molecule has 1 saturated carbocycles. The predicted molar refractivity (Wildman–Crippen MR) is 73.9 cm³/mol. The molecule has 3 aliphatic rings. The molecule has 4 nitrogen and oxygen atoms in total. The summed E-state index contributed by atoms with van der Waals surface area (Å²) >= 11 is 0. The van der Waals surface area contributed by atoms with E-state index in [1.807, 2.05) is 0 Å². The molecule has 3 rings (SSSR count). The fourth-order valence-corrected chi connectivity index (χ4v) is 3.95. The molecular formula is C15H26N2O2. The summed E-state index contributed by atoms with van der Waals surface area (Å²) in [6.45, 7) is 5.98. The number of piperidine rings is 2. The molecule has 0 aromatic carbocycles. The van der Waals surface area contributed by atoms with Gasteiger partial charge in [-0.25, -0.2) is 0 Å². The largest absolute Gasteiger partial charge is 0.377 e. The minimum Gasteiger partial charge on any atom is -0.377 e. The highest BCUT2D eigenvalue weighted by atomic mass is 16.5. The van der Waals surface area contributed by atoms with Gasteiger partial charge in [-0.2, -0.15) is 0 Å². The van der Waals surface area contributed by atoms with Gasteiger partial charge in [0.2, 0.25) is 5.91 Å². The number of nitrogens with zero attached hydrogens (tertiary/aromatic N) is 1. The molecule has 2 atom stereocenters. The van der Waals surface area contributed by atoms with E-state index in [4.69, 9.17) is 4.74 Å². The Morgan fingerprint density at radius 1 is 1.32 bits per heavy atom. The topological polar surface area (TPSA) is 41.6 Å². The second-order valence-electron chi connectivity index (χ2n) is 6.89. The van der Waals surface area contributed by atoms with Crippen molar-refractivity contribution < 1.29 is 9.53 Å². The third kappa shape index (κ3) is 2.40. The zero-order valence-corrected chi connectivity index (χ0v) is 12.2. The summed E-state index contributed by atoms with van der Waals surface area (Å²) in [6.07, 6.45) is 5.61. The van der Waals surface area contributed by atoms with Gasteiger partial charge in [0.1, 0.15) is 0 Å². The summed E-state index contributed by atoms with van der Waals surface area (Å²) in [7, 11) is 1.76. The molecule has 2 heterocycles. The van der Waals surface area contributed by atoms with Crippen LogP contribution >= 0.6 is 0 Å². The molecule has 108 valence electrons. The van der Waals surface area contributed by atoms with Crippen molar-refractivity contribution in [1.82, 2.24) is 10.2 Å². The Morgan fingerprint density at radius 2 is 2.05 bits per heavy atom. The SMILES string of the molecule is COC1(C)CCCN(C(=O)C2CC23CCNCC3)C1. The number of nitrogens with one attached hydrogen (secondary N) is 1. The molecule has 1 N–H and O–H groups in total. The van der Waals surface area contributed by atoms with Crippen molar-refractivity contribution in [3.05, 3.63) is 0 Å². The summed E-state index contributed by atoms with van der Waals surface area (Å²) in [4.78, 5) is 14.8. The van der Waals surface area contributed by atoms with Crippen LogP contribution in [0.25, 0.3) is 0 Å². The summed E-state index contributed by atoms with van der Waals surface area (Å²) < 4.78 is 5.59. The summed E-state index contributed by atoms with van der Waals surface area (Å²) in [6, 6.07) is 0. The van der Waals surface area contributed by atoms with Crippen molar-refractivity contribution in [2.75, 3.05) is 33.3 Å². The lowest BCUT2D eigenvalue weighted by Gasteiger charge is -2.40. The van der Waals surface area contributed by atoms with E-state index in [1.165, 1.54) is 12.8 Å². The first-order valence-corrected chi connectivity index (χ1v) is 7.63. The minimum absolute atomic E-state index is 0.135. The van der Waals surface area contributed by atoms with Crippen molar-refractivity contribution in [2.45, 2.75) is 44.6 Å². The molecule has 0 bridgehead atoms. The first kappa shape index (κ1) is 13.4. The maximum absolute atomic E-state index is 12.7. The number of rotatable bonds is 2. The quantitative estimate of drug-likeness (QED) is 0.821. The highest BCUT2D eigenvalue weighted by Crippen LogP contribution is 2.59. The van der Waals surface area contributed by atoms with Crippen molar-refractivity contribution in [3.8, 4) is 0 Å². The second kappa shape index (κ2) is 4.74. The molecule has 2 unspecified atom stereocenters. The molecule has 3 fully saturated rings. The molecule has 1 amide bonds. The molecule has 1 spiro atoms.